The van der Waals surface area contributed by atoms with Crippen LogP contribution in [0.15, 0.2) is 72.8 Å². The Morgan fingerprint density at radius 2 is 1.56 bits per heavy atom. The van der Waals surface area contributed by atoms with Crippen molar-refractivity contribution in [1.29, 1.82) is 0 Å². The molecule has 2 amide bonds. The summed E-state index contributed by atoms with van der Waals surface area (Å²) in [6, 6.07) is 23.1. The Morgan fingerprint density at radius 3 is 2.27 bits per heavy atom. The van der Waals surface area contributed by atoms with Crippen molar-refractivity contribution >= 4 is 23.2 Å². The molecule has 0 radical (unpaired) electrons. The van der Waals surface area contributed by atoms with E-state index in [2.05, 4.69) is 49.6 Å². The normalized spacial score (nSPS) is 16.3. The molecule has 2 N–H and O–H groups in total. The molecule has 9 nitrogen and oxygen atoms in total. The number of rotatable bonds is 10. The van der Waals surface area contributed by atoms with E-state index in [-0.39, 0.29) is 11.8 Å². The molecule has 2 aliphatic heterocycles. The smallest absolute Gasteiger partial charge is 0.255 e. The van der Waals surface area contributed by atoms with Gasteiger partial charge in [-0.25, -0.2) is 0 Å². The van der Waals surface area contributed by atoms with Gasteiger partial charge in [0, 0.05) is 75.8 Å². The van der Waals surface area contributed by atoms with Crippen LogP contribution in [0.25, 0.3) is 0 Å². The highest BCUT2D eigenvalue weighted by atomic mass is 16.5. The first-order valence-corrected chi connectivity index (χ1v) is 14.3. The summed E-state index contributed by atoms with van der Waals surface area (Å²) in [7, 11) is 1.59. The monoisotopic (exact) mass is 557 g/mol. The van der Waals surface area contributed by atoms with E-state index in [4.69, 9.17) is 9.47 Å². The standard InChI is InChI=1S/C32H39N5O4/c1-40-28-10-7-26(8-11-28)31(38)34-27-9-12-30(29(23-27)32(39)33-13-14-35-19-21-41-22-20-35)37-17-15-36(16-18-37)24-25-5-3-2-4-6-25/h2-12,23H,13-22,24H2,1H3,(H,33,39)(H,34,38). The third kappa shape index (κ3) is 7.85. The van der Waals surface area contributed by atoms with Gasteiger partial charge in [0.25, 0.3) is 11.8 Å². The average molecular weight is 558 g/mol. The molecule has 0 aromatic heterocycles. The molecule has 3 aromatic rings. The van der Waals surface area contributed by atoms with Gasteiger partial charge in [0.05, 0.1) is 25.9 Å². The summed E-state index contributed by atoms with van der Waals surface area (Å²) in [6.45, 7) is 8.89. The number of nitrogens with zero attached hydrogens (tertiary/aromatic N) is 3. The number of benzene rings is 3. The fourth-order valence-corrected chi connectivity index (χ4v) is 5.25. The maximum absolute atomic E-state index is 13.5. The largest absolute Gasteiger partial charge is 0.497 e. The second-order valence-corrected chi connectivity index (χ2v) is 10.4. The first kappa shape index (κ1) is 28.6. The summed E-state index contributed by atoms with van der Waals surface area (Å²) in [6.07, 6.45) is 0. The molecule has 2 aliphatic rings. The van der Waals surface area contributed by atoms with E-state index in [1.807, 2.05) is 18.2 Å². The number of anilines is 2. The molecule has 2 fully saturated rings. The number of morpholine rings is 1. The second kappa shape index (κ2) is 14.1. The Labute approximate surface area is 242 Å². The highest BCUT2D eigenvalue weighted by Crippen LogP contribution is 2.27. The average Bonchev–Trinajstić information content (AvgIpc) is 3.02. The summed E-state index contributed by atoms with van der Waals surface area (Å²) in [5, 5.41) is 6.06. The number of amides is 2. The Morgan fingerprint density at radius 1 is 0.829 bits per heavy atom. The van der Waals surface area contributed by atoms with Gasteiger partial charge in [0.2, 0.25) is 0 Å². The van der Waals surface area contributed by atoms with Gasteiger partial charge in [-0.3, -0.25) is 19.4 Å². The number of piperazine rings is 1. The minimum atomic E-state index is -0.242. The zero-order valence-electron chi connectivity index (χ0n) is 23.7. The molecule has 0 saturated carbocycles. The molecular formula is C32H39N5O4. The van der Waals surface area contributed by atoms with Crippen LogP contribution in [-0.2, 0) is 11.3 Å². The van der Waals surface area contributed by atoms with Crippen molar-refractivity contribution in [2.45, 2.75) is 6.54 Å². The first-order chi connectivity index (χ1) is 20.1. The maximum Gasteiger partial charge on any atom is 0.255 e. The van der Waals surface area contributed by atoms with E-state index in [1.165, 1.54) is 5.56 Å². The zero-order valence-corrected chi connectivity index (χ0v) is 23.7. The van der Waals surface area contributed by atoms with Gasteiger partial charge in [0.15, 0.2) is 0 Å². The summed E-state index contributed by atoms with van der Waals surface area (Å²) in [5.74, 6) is 0.305. The van der Waals surface area contributed by atoms with Crippen LogP contribution in [0.4, 0.5) is 11.4 Å². The number of hydrogen-bond donors (Lipinski definition) is 2. The summed E-state index contributed by atoms with van der Waals surface area (Å²) in [4.78, 5) is 33.5. The van der Waals surface area contributed by atoms with Crippen LogP contribution in [0, 0.1) is 0 Å². The summed E-state index contributed by atoms with van der Waals surface area (Å²) >= 11 is 0. The topological polar surface area (TPSA) is 86.4 Å². The lowest BCUT2D eigenvalue weighted by Crippen LogP contribution is -2.46. The fraction of sp³-hybridized carbons (Fsp3) is 0.375. The van der Waals surface area contributed by atoms with E-state index in [0.717, 1.165) is 71.3 Å². The molecule has 2 saturated heterocycles. The molecule has 0 bridgehead atoms. The van der Waals surface area contributed by atoms with E-state index < -0.39 is 0 Å². The molecule has 0 unspecified atom stereocenters. The Hall–Kier alpha value is -3.92. The fourth-order valence-electron chi connectivity index (χ4n) is 5.25. The van der Waals surface area contributed by atoms with E-state index in [9.17, 15) is 9.59 Å². The van der Waals surface area contributed by atoms with Crippen molar-refractivity contribution in [2.24, 2.45) is 0 Å². The van der Waals surface area contributed by atoms with E-state index in [1.54, 1.807) is 37.4 Å². The highest BCUT2D eigenvalue weighted by molar-refractivity contribution is 6.06. The lowest BCUT2D eigenvalue weighted by atomic mass is 10.1. The van der Waals surface area contributed by atoms with E-state index >= 15 is 0 Å². The molecule has 0 atom stereocenters. The number of hydrogen-bond acceptors (Lipinski definition) is 7. The predicted octanol–water partition coefficient (Wildman–Crippen LogP) is 3.33. The van der Waals surface area contributed by atoms with Gasteiger partial charge < -0.3 is 25.0 Å². The van der Waals surface area contributed by atoms with Gasteiger partial charge in [-0.15, -0.1) is 0 Å². The quantitative estimate of drug-likeness (QED) is 0.396. The SMILES string of the molecule is COc1ccc(C(=O)Nc2ccc(N3CCN(Cc4ccccc4)CC3)c(C(=O)NCCN3CCOCC3)c2)cc1. The van der Waals surface area contributed by atoms with Gasteiger partial charge in [-0.05, 0) is 48.0 Å². The van der Waals surface area contributed by atoms with Gasteiger partial charge in [0.1, 0.15) is 5.75 Å². The van der Waals surface area contributed by atoms with Crippen LogP contribution < -0.4 is 20.3 Å². The van der Waals surface area contributed by atoms with Crippen molar-refractivity contribution in [2.75, 3.05) is 82.9 Å². The summed E-state index contributed by atoms with van der Waals surface area (Å²) in [5.41, 5.74) is 3.85. The minimum Gasteiger partial charge on any atom is -0.497 e. The van der Waals surface area contributed by atoms with E-state index in [0.29, 0.717) is 29.1 Å². The van der Waals surface area contributed by atoms with Crippen molar-refractivity contribution in [1.82, 2.24) is 15.1 Å². The maximum atomic E-state index is 13.5. The van der Waals surface area contributed by atoms with Crippen molar-refractivity contribution in [3.05, 3.63) is 89.5 Å². The molecule has 216 valence electrons. The number of methoxy groups -OCH3 is 1. The van der Waals surface area contributed by atoms with Crippen LogP contribution in [0.1, 0.15) is 26.3 Å². The van der Waals surface area contributed by atoms with Crippen LogP contribution in [-0.4, -0.2) is 94.3 Å². The first-order valence-electron chi connectivity index (χ1n) is 14.3. The Kier molecular flexibility index (Phi) is 9.85. The minimum absolute atomic E-state index is 0.138. The van der Waals surface area contributed by atoms with Crippen molar-refractivity contribution in [3.63, 3.8) is 0 Å². The van der Waals surface area contributed by atoms with Gasteiger partial charge in [-0.1, -0.05) is 30.3 Å². The predicted molar refractivity (Wildman–Crippen MR) is 161 cm³/mol. The Balaban J connectivity index is 1.28. The van der Waals surface area contributed by atoms with Crippen LogP contribution in [0.3, 0.4) is 0 Å². The molecule has 5 rings (SSSR count). The molecule has 0 spiro atoms. The molecule has 3 aromatic carbocycles. The number of carbonyl (C=O) groups is 2. The van der Waals surface area contributed by atoms with Crippen LogP contribution in [0.5, 0.6) is 5.75 Å². The van der Waals surface area contributed by atoms with Crippen LogP contribution >= 0.6 is 0 Å². The molecule has 9 heteroatoms. The molecular weight excluding hydrogens is 518 g/mol. The second-order valence-electron chi connectivity index (χ2n) is 10.4. The number of nitrogens with one attached hydrogen (secondary N) is 2. The molecule has 0 aliphatic carbocycles. The summed E-state index contributed by atoms with van der Waals surface area (Å²) < 4.78 is 10.6. The van der Waals surface area contributed by atoms with Gasteiger partial charge >= 0.3 is 0 Å². The van der Waals surface area contributed by atoms with Gasteiger partial charge in [-0.2, -0.15) is 0 Å². The third-order valence-corrected chi connectivity index (χ3v) is 7.63. The third-order valence-electron chi connectivity index (χ3n) is 7.63. The van der Waals surface area contributed by atoms with Crippen molar-refractivity contribution < 1.29 is 19.1 Å². The zero-order chi connectivity index (χ0) is 28.4. The van der Waals surface area contributed by atoms with Crippen molar-refractivity contribution in [3.8, 4) is 5.75 Å². The van der Waals surface area contributed by atoms with Crippen LogP contribution in [0.2, 0.25) is 0 Å². The molecule has 2 heterocycles. The lowest BCUT2D eigenvalue weighted by molar-refractivity contribution is 0.0383. The molecule has 41 heavy (non-hydrogen) atoms. The Bertz CT molecular complexity index is 1290. The number of ether oxygens (including phenoxy) is 2. The lowest BCUT2D eigenvalue weighted by Gasteiger charge is -2.37. The number of carbonyl (C=O) groups excluding carboxylic acids is 2. The highest BCUT2D eigenvalue weighted by Gasteiger charge is 2.23.